The molecule has 0 radical (unpaired) electrons. The zero-order valence-electron chi connectivity index (χ0n) is 10.7. The van der Waals surface area contributed by atoms with Gasteiger partial charge in [0.05, 0.1) is 12.7 Å². The van der Waals surface area contributed by atoms with Crippen LogP contribution >= 0.6 is 23.2 Å². The first-order chi connectivity index (χ1) is 10.2. The molecule has 9 heteroatoms. The molecule has 2 aromatic heterocycles. The number of halogens is 2. The first-order valence-corrected chi connectivity index (χ1v) is 6.84. The molecule has 0 aliphatic heterocycles. The molecule has 3 rings (SSSR count). The summed E-state index contributed by atoms with van der Waals surface area (Å²) in [6, 6.07) is 5.40. The molecular formula is C12H10Cl2N6O. The maximum absolute atomic E-state index is 5.95. The summed E-state index contributed by atoms with van der Waals surface area (Å²) in [5.74, 6) is 0.419. The number of nitrogens with zero attached hydrogens (tertiary/aromatic N) is 5. The maximum Gasteiger partial charge on any atom is 0.321 e. The van der Waals surface area contributed by atoms with E-state index in [2.05, 4.69) is 25.8 Å². The topological polar surface area (TPSA) is 81.7 Å². The van der Waals surface area contributed by atoms with Crippen LogP contribution in [-0.4, -0.2) is 31.7 Å². The van der Waals surface area contributed by atoms with Gasteiger partial charge in [0.25, 0.3) is 0 Å². The van der Waals surface area contributed by atoms with Crippen molar-refractivity contribution in [3.05, 3.63) is 40.6 Å². The first-order valence-electron chi connectivity index (χ1n) is 6.09. The van der Waals surface area contributed by atoms with Crippen LogP contribution in [-0.2, 0) is 6.54 Å². The highest BCUT2D eigenvalue weighted by Crippen LogP contribution is 2.25. The predicted molar refractivity (Wildman–Crippen MR) is 78.3 cm³/mol. The summed E-state index contributed by atoms with van der Waals surface area (Å²) < 4.78 is 6.81. The van der Waals surface area contributed by atoms with E-state index < -0.39 is 0 Å². The van der Waals surface area contributed by atoms with E-state index in [0.29, 0.717) is 40.5 Å². The number of hydrogen-bond donors (Lipinski definition) is 1. The lowest BCUT2D eigenvalue weighted by Crippen LogP contribution is -2.11. The molecule has 3 aromatic rings. The van der Waals surface area contributed by atoms with Crippen LogP contribution in [0.15, 0.2) is 35.1 Å². The first kappa shape index (κ1) is 13.8. The largest absolute Gasteiger partial charge is 0.336 e. The van der Waals surface area contributed by atoms with Gasteiger partial charge in [-0.15, -0.1) is 5.10 Å². The van der Waals surface area contributed by atoms with E-state index in [1.54, 1.807) is 35.3 Å². The number of hydrogen-bond acceptors (Lipinski definition) is 6. The molecule has 0 saturated heterocycles. The SMILES string of the molecule is Clc1cc(Cl)cc(-c2noc(NCCn3ccnn3)n2)c1. The molecule has 0 bridgehead atoms. The summed E-state index contributed by atoms with van der Waals surface area (Å²) in [7, 11) is 0. The molecule has 0 amide bonds. The second-order valence-electron chi connectivity index (χ2n) is 4.17. The molecule has 0 aliphatic carbocycles. The van der Waals surface area contributed by atoms with Crippen LogP contribution in [0.25, 0.3) is 11.4 Å². The van der Waals surface area contributed by atoms with E-state index in [-0.39, 0.29) is 0 Å². The fourth-order valence-corrected chi connectivity index (χ4v) is 2.25. The minimum atomic E-state index is 0.321. The predicted octanol–water partition coefficient (Wildman–Crippen LogP) is 2.75. The van der Waals surface area contributed by atoms with Crippen LogP contribution in [0.1, 0.15) is 0 Å². The van der Waals surface area contributed by atoms with Crippen molar-refractivity contribution in [2.24, 2.45) is 0 Å². The van der Waals surface area contributed by atoms with Crippen molar-refractivity contribution < 1.29 is 4.52 Å². The highest BCUT2D eigenvalue weighted by molar-refractivity contribution is 6.35. The molecule has 108 valence electrons. The Morgan fingerprint density at radius 1 is 1.19 bits per heavy atom. The smallest absolute Gasteiger partial charge is 0.321 e. The molecule has 0 atom stereocenters. The molecule has 0 saturated carbocycles. The summed E-state index contributed by atoms with van der Waals surface area (Å²) in [4.78, 5) is 4.23. The van der Waals surface area contributed by atoms with E-state index in [0.717, 1.165) is 0 Å². The Balaban J connectivity index is 1.65. The zero-order valence-corrected chi connectivity index (χ0v) is 12.2. The van der Waals surface area contributed by atoms with E-state index in [9.17, 15) is 0 Å². The lowest BCUT2D eigenvalue weighted by atomic mass is 10.2. The van der Waals surface area contributed by atoms with Crippen LogP contribution in [0, 0.1) is 0 Å². The Bertz CT molecular complexity index is 707. The van der Waals surface area contributed by atoms with Gasteiger partial charge in [-0.2, -0.15) is 4.98 Å². The van der Waals surface area contributed by atoms with Crippen LogP contribution in [0.4, 0.5) is 6.01 Å². The van der Waals surface area contributed by atoms with Gasteiger partial charge in [-0.1, -0.05) is 33.6 Å². The van der Waals surface area contributed by atoms with Crippen molar-refractivity contribution in [3.8, 4) is 11.4 Å². The van der Waals surface area contributed by atoms with Crippen LogP contribution in [0.2, 0.25) is 10.0 Å². The van der Waals surface area contributed by atoms with Crippen molar-refractivity contribution in [3.63, 3.8) is 0 Å². The van der Waals surface area contributed by atoms with E-state index in [1.807, 2.05) is 0 Å². The van der Waals surface area contributed by atoms with Crippen molar-refractivity contribution in [1.29, 1.82) is 0 Å². The van der Waals surface area contributed by atoms with E-state index in [1.165, 1.54) is 0 Å². The average molecular weight is 325 g/mol. The normalized spacial score (nSPS) is 10.8. The van der Waals surface area contributed by atoms with Crippen molar-refractivity contribution in [2.45, 2.75) is 6.54 Å². The molecule has 2 heterocycles. The minimum absolute atomic E-state index is 0.321. The Hall–Kier alpha value is -2.12. The van der Waals surface area contributed by atoms with Gasteiger partial charge in [0.15, 0.2) is 0 Å². The zero-order chi connectivity index (χ0) is 14.7. The van der Waals surface area contributed by atoms with Crippen LogP contribution in [0.3, 0.4) is 0 Å². The van der Waals surface area contributed by atoms with Gasteiger partial charge in [0.2, 0.25) is 5.82 Å². The third-order valence-electron chi connectivity index (χ3n) is 2.64. The van der Waals surface area contributed by atoms with Gasteiger partial charge in [0, 0.05) is 28.4 Å². The van der Waals surface area contributed by atoms with Crippen molar-refractivity contribution >= 4 is 29.2 Å². The summed E-state index contributed by atoms with van der Waals surface area (Å²) in [6.45, 7) is 1.22. The molecule has 0 spiro atoms. The van der Waals surface area contributed by atoms with E-state index in [4.69, 9.17) is 27.7 Å². The molecule has 21 heavy (non-hydrogen) atoms. The van der Waals surface area contributed by atoms with Gasteiger partial charge in [-0.05, 0) is 18.2 Å². The summed E-state index contributed by atoms with van der Waals surface area (Å²) in [6.07, 6.45) is 3.39. The fourth-order valence-electron chi connectivity index (χ4n) is 1.72. The Morgan fingerprint density at radius 2 is 2.00 bits per heavy atom. The van der Waals surface area contributed by atoms with Gasteiger partial charge in [0.1, 0.15) is 0 Å². The number of aromatic nitrogens is 5. The Labute approximate surface area is 129 Å². The quantitative estimate of drug-likeness (QED) is 0.777. The highest BCUT2D eigenvalue weighted by atomic mass is 35.5. The third-order valence-corrected chi connectivity index (χ3v) is 3.07. The van der Waals surface area contributed by atoms with Crippen molar-refractivity contribution in [1.82, 2.24) is 25.1 Å². The lowest BCUT2D eigenvalue weighted by molar-refractivity contribution is 0.430. The van der Waals surface area contributed by atoms with Crippen molar-refractivity contribution in [2.75, 3.05) is 11.9 Å². The summed E-state index contributed by atoms with van der Waals surface area (Å²) in [5, 5.41) is 15.5. The summed E-state index contributed by atoms with van der Waals surface area (Å²) >= 11 is 11.9. The van der Waals surface area contributed by atoms with Crippen LogP contribution < -0.4 is 5.32 Å². The lowest BCUT2D eigenvalue weighted by Gasteiger charge is -2.00. The monoisotopic (exact) mass is 324 g/mol. The molecule has 0 aliphatic rings. The molecule has 0 fully saturated rings. The van der Waals surface area contributed by atoms with E-state index >= 15 is 0 Å². The number of benzene rings is 1. The maximum atomic E-state index is 5.95. The molecule has 1 aromatic carbocycles. The Kier molecular flexibility index (Phi) is 4.03. The molecule has 1 N–H and O–H groups in total. The van der Waals surface area contributed by atoms with Gasteiger partial charge in [-0.3, -0.25) is 4.68 Å². The average Bonchev–Trinajstić information content (AvgIpc) is 3.09. The second kappa shape index (κ2) is 6.11. The number of anilines is 1. The molecule has 0 unspecified atom stereocenters. The van der Waals surface area contributed by atoms with Gasteiger partial charge in [-0.25, -0.2) is 0 Å². The van der Waals surface area contributed by atoms with Gasteiger partial charge < -0.3 is 9.84 Å². The molecule has 7 nitrogen and oxygen atoms in total. The Morgan fingerprint density at radius 3 is 2.71 bits per heavy atom. The van der Waals surface area contributed by atoms with Gasteiger partial charge >= 0.3 is 6.01 Å². The summed E-state index contributed by atoms with van der Waals surface area (Å²) in [5.41, 5.74) is 0.695. The molecular weight excluding hydrogens is 315 g/mol. The number of nitrogens with one attached hydrogen (secondary N) is 1. The fraction of sp³-hybridized carbons (Fsp3) is 0.167. The standard InChI is InChI=1S/C12H10Cl2N6O/c13-9-5-8(6-10(14)7-9)11-17-12(21-18-11)15-1-3-20-4-2-16-19-20/h2,4-7H,1,3H2,(H,15,17,18). The minimum Gasteiger partial charge on any atom is -0.336 e. The second-order valence-corrected chi connectivity index (χ2v) is 5.05. The number of rotatable bonds is 5. The third kappa shape index (κ3) is 3.50. The highest BCUT2D eigenvalue weighted by Gasteiger charge is 2.09. The van der Waals surface area contributed by atoms with Crippen LogP contribution in [0.5, 0.6) is 0 Å².